The summed E-state index contributed by atoms with van der Waals surface area (Å²) in [5, 5.41) is 0. The van der Waals surface area contributed by atoms with Gasteiger partial charge in [-0.05, 0) is 13.8 Å². The molecule has 3 heteroatoms. The largest absolute Gasteiger partial charge is 0.206 e. The van der Waals surface area contributed by atoms with Gasteiger partial charge in [-0.15, -0.1) is 0 Å². The van der Waals surface area contributed by atoms with Gasteiger partial charge in [-0.3, -0.25) is 0 Å². The lowest BCUT2D eigenvalue weighted by Gasteiger charge is -2.02. The molecule has 1 rings (SSSR count). The normalized spacial score (nSPS) is 9.15. The van der Waals surface area contributed by atoms with Gasteiger partial charge in [-0.2, -0.15) is 0 Å². The molecule has 0 saturated heterocycles. The van der Waals surface area contributed by atoms with Gasteiger partial charge in [0.15, 0.2) is 0 Å². The van der Waals surface area contributed by atoms with E-state index in [1.54, 1.807) is 0 Å². The van der Waals surface area contributed by atoms with E-state index >= 15 is 0 Å². The van der Waals surface area contributed by atoms with Crippen molar-refractivity contribution in [2.24, 2.45) is 0 Å². The van der Waals surface area contributed by atoms with E-state index in [0.717, 1.165) is 0 Å². The molecule has 0 fully saturated rings. The Balaban J connectivity index is 0.000000671. The van der Waals surface area contributed by atoms with Crippen LogP contribution >= 0.6 is 0 Å². The first-order valence-electron chi connectivity index (χ1n) is 4.14. The van der Waals surface area contributed by atoms with Crippen molar-refractivity contribution in [3.8, 4) is 0 Å². The Morgan fingerprint density at radius 3 is 1.46 bits per heavy atom. The first-order valence-corrected chi connectivity index (χ1v) is 4.14. The third-order valence-electron chi connectivity index (χ3n) is 1.63. The van der Waals surface area contributed by atoms with E-state index in [2.05, 4.69) is 0 Å². The average Bonchev–Trinajstić information content (AvgIpc) is 2.15. The summed E-state index contributed by atoms with van der Waals surface area (Å²) in [5.74, 6) is -2.49. The van der Waals surface area contributed by atoms with Crippen molar-refractivity contribution >= 4 is 0 Å². The fourth-order valence-corrected chi connectivity index (χ4v) is 0.819. The molecule has 0 aromatic heterocycles. The maximum Gasteiger partial charge on any atom is 0.134 e. The molecule has 13 heavy (non-hydrogen) atoms. The zero-order chi connectivity index (χ0) is 10.6. The number of hydrogen-bond donors (Lipinski definition) is 0. The van der Waals surface area contributed by atoms with Gasteiger partial charge >= 0.3 is 0 Å². The Morgan fingerprint density at radius 2 is 1.15 bits per heavy atom. The van der Waals surface area contributed by atoms with Gasteiger partial charge in [0.1, 0.15) is 17.5 Å². The van der Waals surface area contributed by atoms with Crippen LogP contribution in [0.15, 0.2) is 6.07 Å². The van der Waals surface area contributed by atoms with Crippen molar-refractivity contribution < 1.29 is 13.2 Å². The molecule has 0 unspecified atom stereocenters. The van der Waals surface area contributed by atoms with E-state index in [1.807, 2.05) is 13.8 Å². The first-order chi connectivity index (χ1) is 6.04. The van der Waals surface area contributed by atoms with Crippen molar-refractivity contribution in [2.75, 3.05) is 0 Å². The van der Waals surface area contributed by atoms with Crippen LogP contribution < -0.4 is 0 Å². The third kappa shape index (κ3) is 2.47. The van der Waals surface area contributed by atoms with Gasteiger partial charge in [0.05, 0.1) is 0 Å². The molecule has 0 bridgehead atoms. The van der Waals surface area contributed by atoms with Crippen molar-refractivity contribution in [1.82, 2.24) is 0 Å². The Hall–Kier alpha value is -0.990. The van der Waals surface area contributed by atoms with Gasteiger partial charge in [-0.1, -0.05) is 13.8 Å². The third-order valence-corrected chi connectivity index (χ3v) is 1.63. The van der Waals surface area contributed by atoms with Crippen LogP contribution in [-0.2, 0) is 0 Å². The van der Waals surface area contributed by atoms with E-state index < -0.39 is 17.5 Å². The van der Waals surface area contributed by atoms with Gasteiger partial charge in [-0.25, -0.2) is 13.2 Å². The van der Waals surface area contributed by atoms with Gasteiger partial charge in [0.25, 0.3) is 0 Å². The Morgan fingerprint density at radius 1 is 0.846 bits per heavy atom. The highest BCUT2D eigenvalue weighted by atomic mass is 19.1. The van der Waals surface area contributed by atoms with Gasteiger partial charge < -0.3 is 0 Å². The van der Waals surface area contributed by atoms with Crippen LogP contribution in [0.1, 0.15) is 25.0 Å². The Kier molecular flexibility index (Phi) is 4.52. The molecule has 0 amide bonds. The predicted octanol–water partition coefficient (Wildman–Crippen LogP) is 3.75. The molecule has 0 nitrogen and oxygen atoms in total. The molecule has 0 atom stereocenters. The van der Waals surface area contributed by atoms with E-state index in [4.69, 9.17) is 0 Å². The molecule has 0 radical (unpaired) electrons. The van der Waals surface area contributed by atoms with Gasteiger partial charge in [0.2, 0.25) is 0 Å². The quantitative estimate of drug-likeness (QED) is 0.584. The molecule has 1 aromatic carbocycles. The molecule has 0 aliphatic carbocycles. The smallest absolute Gasteiger partial charge is 0.134 e. The van der Waals surface area contributed by atoms with Crippen LogP contribution in [0.5, 0.6) is 0 Å². The van der Waals surface area contributed by atoms with E-state index in [1.165, 1.54) is 13.8 Å². The number of halogens is 3. The van der Waals surface area contributed by atoms with E-state index in [-0.39, 0.29) is 11.1 Å². The summed E-state index contributed by atoms with van der Waals surface area (Å²) < 4.78 is 37.9. The highest BCUT2D eigenvalue weighted by Crippen LogP contribution is 2.17. The molecule has 0 aliphatic heterocycles. The minimum Gasteiger partial charge on any atom is -0.206 e. The molecule has 0 heterocycles. The highest BCUT2D eigenvalue weighted by molar-refractivity contribution is 5.26. The zero-order valence-corrected chi connectivity index (χ0v) is 8.21. The van der Waals surface area contributed by atoms with Crippen LogP contribution in [-0.4, -0.2) is 0 Å². The molecule has 0 N–H and O–H groups in total. The maximum atomic E-state index is 12.8. The first kappa shape index (κ1) is 12.0. The minimum atomic E-state index is -0.842. The molecular formula is C10H13F3. The second-order valence-corrected chi connectivity index (χ2v) is 2.40. The van der Waals surface area contributed by atoms with E-state index in [9.17, 15) is 13.2 Å². The van der Waals surface area contributed by atoms with Crippen LogP contribution in [0.4, 0.5) is 13.2 Å². The van der Waals surface area contributed by atoms with Crippen LogP contribution in [0.2, 0.25) is 0 Å². The molecule has 74 valence electrons. The topological polar surface area (TPSA) is 0 Å². The summed E-state index contributed by atoms with van der Waals surface area (Å²) in [7, 11) is 0. The van der Waals surface area contributed by atoms with Crippen molar-refractivity contribution in [1.29, 1.82) is 0 Å². The fraction of sp³-hybridized carbons (Fsp3) is 0.400. The lowest BCUT2D eigenvalue weighted by molar-refractivity contribution is 0.522. The maximum absolute atomic E-state index is 12.8. The molecule has 0 saturated carbocycles. The lowest BCUT2D eigenvalue weighted by atomic mass is 10.1. The van der Waals surface area contributed by atoms with E-state index in [0.29, 0.717) is 6.07 Å². The lowest BCUT2D eigenvalue weighted by Crippen LogP contribution is -1.96. The highest BCUT2D eigenvalue weighted by Gasteiger charge is 2.11. The monoisotopic (exact) mass is 190 g/mol. The van der Waals surface area contributed by atoms with Crippen molar-refractivity contribution in [3.05, 3.63) is 34.6 Å². The molecule has 1 aromatic rings. The zero-order valence-electron chi connectivity index (χ0n) is 8.21. The molecular weight excluding hydrogens is 177 g/mol. The fourth-order valence-electron chi connectivity index (χ4n) is 0.819. The summed E-state index contributed by atoms with van der Waals surface area (Å²) >= 11 is 0. The van der Waals surface area contributed by atoms with Crippen LogP contribution in [0, 0.1) is 31.3 Å². The van der Waals surface area contributed by atoms with Gasteiger partial charge in [0, 0.05) is 17.2 Å². The predicted molar refractivity (Wildman–Crippen MR) is 47.1 cm³/mol. The summed E-state index contributed by atoms with van der Waals surface area (Å²) in [6.45, 7) is 6.55. The second kappa shape index (κ2) is 4.90. The number of hydrogen-bond acceptors (Lipinski definition) is 0. The van der Waals surface area contributed by atoms with Crippen LogP contribution in [0.25, 0.3) is 0 Å². The average molecular weight is 190 g/mol. The minimum absolute atomic E-state index is 0.135. The summed E-state index contributed by atoms with van der Waals surface area (Å²) in [6, 6.07) is 0.688. The number of rotatable bonds is 0. The second-order valence-electron chi connectivity index (χ2n) is 2.40. The standard InChI is InChI=1S/C8H7F3.C2H6/c1-4-6(9)3-7(10)5(2)8(4)11;1-2/h3H,1-2H3;1-2H3. The Labute approximate surface area is 76.4 Å². The molecule has 0 aliphatic rings. The number of benzene rings is 1. The Bertz CT molecular complexity index is 266. The summed E-state index contributed by atoms with van der Waals surface area (Å²) in [4.78, 5) is 0. The summed E-state index contributed by atoms with van der Waals surface area (Å²) in [6.07, 6.45) is 0. The van der Waals surface area contributed by atoms with Crippen molar-refractivity contribution in [3.63, 3.8) is 0 Å². The summed E-state index contributed by atoms with van der Waals surface area (Å²) in [5.41, 5.74) is -0.271. The molecule has 0 spiro atoms. The van der Waals surface area contributed by atoms with Crippen LogP contribution in [0.3, 0.4) is 0 Å². The SMILES string of the molecule is CC.Cc1c(F)cc(F)c(C)c1F. The van der Waals surface area contributed by atoms with Crippen molar-refractivity contribution in [2.45, 2.75) is 27.7 Å².